The minimum Gasteiger partial charge on any atom is -0.495 e. The van der Waals surface area contributed by atoms with Gasteiger partial charge >= 0.3 is 5.97 Å². The first kappa shape index (κ1) is 23.4. The number of hydrogen-bond donors (Lipinski definition) is 1. The smallest absolute Gasteiger partial charge is 0.339 e. The molecule has 168 valence electrons. The van der Waals surface area contributed by atoms with Gasteiger partial charge in [-0.15, -0.1) is 0 Å². The molecule has 1 amide bonds. The average Bonchev–Trinajstić information content (AvgIpc) is 3.09. The highest BCUT2D eigenvalue weighted by atomic mass is 35.5. The third-order valence-electron chi connectivity index (χ3n) is 5.21. The van der Waals surface area contributed by atoms with Crippen LogP contribution in [0.5, 0.6) is 5.75 Å². The van der Waals surface area contributed by atoms with Crippen LogP contribution in [-0.4, -0.2) is 30.2 Å². The Kier molecular flexibility index (Phi) is 7.59. The first-order valence-corrected chi connectivity index (χ1v) is 10.8. The maximum atomic E-state index is 12.7. The van der Waals surface area contributed by atoms with Gasteiger partial charge in [-0.25, -0.2) is 4.79 Å². The molecule has 0 bridgehead atoms. The lowest BCUT2D eigenvalue weighted by atomic mass is 10.1. The number of hydrogen-bond acceptors (Lipinski definition) is 4. The number of ether oxygens (including phenoxy) is 2. The Hall–Kier alpha value is -3.25. The molecule has 6 nitrogen and oxygen atoms in total. The normalized spacial score (nSPS) is 10.7. The van der Waals surface area contributed by atoms with Crippen molar-refractivity contribution in [2.75, 3.05) is 19.0 Å². The summed E-state index contributed by atoms with van der Waals surface area (Å²) < 4.78 is 12.5. The second kappa shape index (κ2) is 10.4. The molecule has 0 radical (unpaired) electrons. The molecule has 1 aromatic heterocycles. The predicted octanol–water partition coefficient (Wildman–Crippen LogP) is 5.64. The van der Waals surface area contributed by atoms with Gasteiger partial charge in [-0.2, -0.15) is 0 Å². The highest BCUT2D eigenvalue weighted by molar-refractivity contribution is 6.31. The standard InChI is InChI=1S/C25H27ClN2O4/c1-5-32-25(30)20-15-22(18-8-6-16(2)7-9-18)28(17(20)3)13-12-24(29)27-21-14-19(26)10-11-23(21)31-4/h6-11,14-15H,5,12-13H2,1-4H3,(H,27,29). The Morgan fingerprint density at radius 3 is 2.44 bits per heavy atom. The number of carbonyl (C=O) groups is 2. The molecule has 1 N–H and O–H groups in total. The number of nitrogens with zero attached hydrogens (tertiary/aromatic N) is 1. The molecule has 1 heterocycles. The van der Waals surface area contributed by atoms with Crippen molar-refractivity contribution in [3.8, 4) is 17.0 Å². The second-order valence-electron chi connectivity index (χ2n) is 7.41. The number of amides is 1. The summed E-state index contributed by atoms with van der Waals surface area (Å²) in [7, 11) is 1.53. The monoisotopic (exact) mass is 454 g/mol. The Balaban J connectivity index is 1.86. The number of anilines is 1. The summed E-state index contributed by atoms with van der Waals surface area (Å²) in [5.74, 6) is -0.0266. The first-order valence-electron chi connectivity index (χ1n) is 10.4. The molecule has 0 aliphatic carbocycles. The Labute approximate surface area is 193 Å². The fourth-order valence-corrected chi connectivity index (χ4v) is 3.69. The van der Waals surface area contributed by atoms with Gasteiger partial charge in [0.1, 0.15) is 5.75 Å². The molecule has 0 spiro atoms. The number of benzene rings is 2. The number of aryl methyl sites for hydroxylation is 1. The summed E-state index contributed by atoms with van der Waals surface area (Å²) in [5.41, 5.74) is 4.74. The van der Waals surface area contributed by atoms with Crippen molar-refractivity contribution < 1.29 is 19.1 Å². The summed E-state index contributed by atoms with van der Waals surface area (Å²) in [4.78, 5) is 25.2. The lowest BCUT2D eigenvalue weighted by Crippen LogP contribution is -2.16. The quantitative estimate of drug-likeness (QED) is 0.447. The van der Waals surface area contributed by atoms with E-state index in [0.29, 0.717) is 35.2 Å². The van der Waals surface area contributed by atoms with Gasteiger partial charge in [0.05, 0.1) is 25.0 Å². The van der Waals surface area contributed by atoms with E-state index >= 15 is 0 Å². The molecule has 32 heavy (non-hydrogen) atoms. The second-order valence-corrected chi connectivity index (χ2v) is 7.85. The number of nitrogens with one attached hydrogen (secondary N) is 1. The molecule has 2 aromatic carbocycles. The van der Waals surface area contributed by atoms with Gasteiger partial charge in [-0.3, -0.25) is 4.79 Å². The number of halogens is 1. The van der Waals surface area contributed by atoms with Crippen LogP contribution in [0.25, 0.3) is 11.3 Å². The van der Waals surface area contributed by atoms with Crippen LogP contribution < -0.4 is 10.1 Å². The molecule has 7 heteroatoms. The zero-order chi connectivity index (χ0) is 23.3. The zero-order valence-corrected chi connectivity index (χ0v) is 19.5. The topological polar surface area (TPSA) is 69.6 Å². The molecule has 3 rings (SSSR count). The van der Waals surface area contributed by atoms with Gasteiger partial charge in [0, 0.05) is 29.4 Å². The number of carbonyl (C=O) groups excluding carboxylic acids is 2. The van der Waals surface area contributed by atoms with Gasteiger partial charge < -0.3 is 19.4 Å². The van der Waals surface area contributed by atoms with Crippen LogP contribution >= 0.6 is 11.6 Å². The van der Waals surface area contributed by atoms with E-state index in [1.807, 2.05) is 48.7 Å². The van der Waals surface area contributed by atoms with Crippen molar-refractivity contribution in [3.05, 3.63) is 70.4 Å². The zero-order valence-electron chi connectivity index (χ0n) is 18.7. The van der Waals surface area contributed by atoms with Crippen LogP contribution in [0.2, 0.25) is 5.02 Å². The van der Waals surface area contributed by atoms with E-state index < -0.39 is 0 Å². The molecule has 0 atom stereocenters. The number of rotatable bonds is 8. The summed E-state index contributed by atoms with van der Waals surface area (Å²) in [6.07, 6.45) is 0.201. The summed E-state index contributed by atoms with van der Waals surface area (Å²) in [5, 5.41) is 3.36. The van der Waals surface area contributed by atoms with E-state index in [-0.39, 0.29) is 18.3 Å². The molecule has 0 fully saturated rings. The van der Waals surface area contributed by atoms with E-state index in [1.165, 1.54) is 7.11 Å². The van der Waals surface area contributed by atoms with Crippen molar-refractivity contribution >= 4 is 29.2 Å². The maximum Gasteiger partial charge on any atom is 0.339 e. The van der Waals surface area contributed by atoms with Crippen molar-refractivity contribution in [2.24, 2.45) is 0 Å². The van der Waals surface area contributed by atoms with E-state index in [9.17, 15) is 9.59 Å². The summed E-state index contributed by atoms with van der Waals surface area (Å²) in [6, 6.07) is 14.9. The van der Waals surface area contributed by atoms with Crippen LogP contribution in [0.4, 0.5) is 5.69 Å². The van der Waals surface area contributed by atoms with Crippen molar-refractivity contribution in [3.63, 3.8) is 0 Å². The van der Waals surface area contributed by atoms with Gasteiger partial charge in [0.2, 0.25) is 5.91 Å². The molecule has 0 aliphatic heterocycles. The molecule has 0 saturated carbocycles. The van der Waals surface area contributed by atoms with Gasteiger partial charge in [-0.1, -0.05) is 41.4 Å². The summed E-state index contributed by atoms with van der Waals surface area (Å²) in [6.45, 7) is 6.35. The predicted molar refractivity (Wildman–Crippen MR) is 127 cm³/mol. The average molecular weight is 455 g/mol. The van der Waals surface area contributed by atoms with Crippen LogP contribution in [-0.2, 0) is 16.1 Å². The van der Waals surface area contributed by atoms with E-state index in [1.54, 1.807) is 25.1 Å². The Morgan fingerprint density at radius 1 is 1.06 bits per heavy atom. The fraction of sp³-hybridized carbons (Fsp3) is 0.280. The van der Waals surface area contributed by atoms with Gasteiger partial charge in [0.25, 0.3) is 0 Å². The fourth-order valence-electron chi connectivity index (χ4n) is 3.52. The van der Waals surface area contributed by atoms with E-state index in [2.05, 4.69) is 5.32 Å². The van der Waals surface area contributed by atoms with Crippen LogP contribution in [0, 0.1) is 13.8 Å². The molecule has 3 aromatic rings. The minimum atomic E-state index is -0.370. The first-order chi connectivity index (χ1) is 15.3. The van der Waals surface area contributed by atoms with Gasteiger partial charge in [-0.05, 0) is 50.6 Å². The third kappa shape index (κ3) is 5.32. The van der Waals surface area contributed by atoms with Crippen LogP contribution in [0.15, 0.2) is 48.5 Å². The highest BCUT2D eigenvalue weighted by Gasteiger charge is 2.20. The van der Waals surface area contributed by atoms with Crippen molar-refractivity contribution in [1.82, 2.24) is 4.57 Å². The minimum absolute atomic E-state index is 0.189. The molecular weight excluding hydrogens is 428 g/mol. The third-order valence-corrected chi connectivity index (χ3v) is 5.44. The Morgan fingerprint density at radius 2 is 1.78 bits per heavy atom. The number of aromatic nitrogens is 1. The van der Waals surface area contributed by atoms with Gasteiger partial charge in [0.15, 0.2) is 0 Å². The molecule has 0 unspecified atom stereocenters. The molecule has 0 saturated heterocycles. The SMILES string of the molecule is CCOC(=O)c1cc(-c2ccc(C)cc2)n(CCC(=O)Nc2cc(Cl)ccc2OC)c1C. The van der Waals surface area contributed by atoms with Crippen LogP contribution in [0.3, 0.4) is 0 Å². The van der Waals surface area contributed by atoms with E-state index in [0.717, 1.165) is 22.5 Å². The number of methoxy groups -OCH3 is 1. The highest BCUT2D eigenvalue weighted by Crippen LogP contribution is 2.29. The van der Waals surface area contributed by atoms with Crippen molar-refractivity contribution in [1.29, 1.82) is 0 Å². The lowest BCUT2D eigenvalue weighted by molar-refractivity contribution is -0.116. The van der Waals surface area contributed by atoms with Crippen LogP contribution in [0.1, 0.15) is 35.0 Å². The molecule has 0 aliphatic rings. The Bertz CT molecular complexity index is 1120. The summed E-state index contributed by atoms with van der Waals surface area (Å²) >= 11 is 6.05. The lowest BCUT2D eigenvalue weighted by Gasteiger charge is -2.14. The molecular formula is C25H27ClN2O4. The van der Waals surface area contributed by atoms with Crippen molar-refractivity contribution in [2.45, 2.75) is 33.7 Å². The maximum absolute atomic E-state index is 12.7. The number of esters is 1. The largest absolute Gasteiger partial charge is 0.495 e. The van der Waals surface area contributed by atoms with E-state index in [4.69, 9.17) is 21.1 Å².